The lowest BCUT2D eigenvalue weighted by Gasteiger charge is -2.19. The Kier molecular flexibility index (Phi) is 6.86. The van der Waals surface area contributed by atoms with E-state index in [-0.39, 0.29) is 0 Å². The van der Waals surface area contributed by atoms with E-state index >= 15 is 0 Å². The summed E-state index contributed by atoms with van der Waals surface area (Å²) in [6.07, 6.45) is 5.29. The summed E-state index contributed by atoms with van der Waals surface area (Å²) in [5.74, 6) is 0. The van der Waals surface area contributed by atoms with Gasteiger partial charge in [0.15, 0.2) is 0 Å². The molecule has 0 bridgehead atoms. The van der Waals surface area contributed by atoms with E-state index in [2.05, 4.69) is 40.8 Å². The standard InChI is InChI=1S/C14H19BrClN/c1-3-5-6-7-14(17-4-2)12-9-8-11(16)10-13(12)15/h3,8-10,14,17H,1,4-7H2,2H3. The second-order valence-electron chi connectivity index (χ2n) is 4.00. The molecule has 0 aliphatic rings. The topological polar surface area (TPSA) is 12.0 Å². The highest BCUT2D eigenvalue weighted by Crippen LogP contribution is 2.29. The van der Waals surface area contributed by atoms with Crippen LogP contribution in [0, 0.1) is 0 Å². The maximum Gasteiger partial charge on any atom is 0.0417 e. The van der Waals surface area contributed by atoms with Crippen molar-refractivity contribution < 1.29 is 0 Å². The minimum atomic E-state index is 0.381. The second-order valence-corrected chi connectivity index (χ2v) is 5.29. The molecule has 0 aliphatic carbocycles. The van der Waals surface area contributed by atoms with E-state index in [0.717, 1.165) is 35.3 Å². The zero-order chi connectivity index (χ0) is 12.7. The van der Waals surface area contributed by atoms with Crippen molar-refractivity contribution in [3.05, 3.63) is 45.9 Å². The molecule has 17 heavy (non-hydrogen) atoms. The largest absolute Gasteiger partial charge is 0.310 e. The first-order valence-electron chi connectivity index (χ1n) is 5.98. The van der Waals surface area contributed by atoms with Gasteiger partial charge in [0.05, 0.1) is 0 Å². The van der Waals surface area contributed by atoms with Crippen LogP contribution in [0.4, 0.5) is 0 Å². The van der Waals surface area contributed by atoms with Crippen LogP contribution in [-0.2, 0) is 0 Å². The molecule has 0 spiro atoms. The van der Waals surface area contributed by atoms with E-state index in [9.17, 15) is 0 Å². The van der Waals surface area contributed by atoms with Gasteiger partial charge in [-0.15, -0.1) is 6.58 Å². The smallest absolute Gasteiger partial charge is 0.0417 e. The molecule has 0 radical (unpaired) electrons. The van der Waals surface area contributed by atoms with Crippen LogP contribution in [0.1, 0.15) is 37.8 Å². The van der Waals surface area contributed by atoms with Crippen LogP contribution in [0.3, 0.4) is 0 Å². The second kappa shape index (κ2) is 7.91. The molecule has 0 amide bonds. The minimum Gasteiger partial charge on any atom is -0.310 e. The van der Waals surface area contributed by atoms with E-state index in [4.69, 9.17) is 11.6 Å². The Balaban J connectivity index is 2.77. The van der Waals surface area contributed by atoms with E-state index < -0.39 is 0 Å². The summed E-state index contributed by atoms with van der Waals surface area (Å²) >= 11 is 9.54. The maximum absolute atomic E-state index is 5.96. The molecule has 1 N–H and O–H groups in total. The van der Waals surface area contributed by atoms with Crippen molar-refractivity contribution in [1.82, 2.24) is 5.32 Å². The van der Waals surface area contributed by atoms with Crippen LogP contribution in [0.2, 0.25) is 5.02 Å². The average Bonchev–Trinajstić information content (AvgIpc) is 2.28. The SMILES string of the molecule is C=CCCCC(NCC)c1ccc(Cl)cc1Br. The fourth-order valence-electron chi connectivity index (χ4n) is 1.86. The van der Waals surface area contributed by atoms with Gasteiger partial charge in [-0.25, -0.2) is 0 Å². The fourth-order valence-corrected chi connectivity index (χ4v) is 2.82. The predicted molar refractivity (Wildman–Crippen MR) is 79.6 cm³/mol. The lowest BCUT2D eigenvalue weighted by atomic mass is 10.0. The molecular formula is C14H19BrClN. The van der Waals surface area contributed by atoms with Crippen molar-refractivity contribution in [2.45, 2.75) is 32.2 Å². The number of hydrogen-bond donors (Lipinski definition) is 1. The Morgan fingerprint density at radius 2 is 2.29 bits per heavy atom. The van der Waals surface area contributed by atoms with Crippen LogP contribution in [0.25, 0.3) is 0 Å². The molecule has 1 nitrogen and oxygen atoms in total. The van der Waals surface area contributed by atoms with Crippen molar-refractivity contribution in [2.75, 3.05) is 6.54 Å². The van der Waals surface area contributed by atoms with Crippen LogP contribution in [0.15, 0.2) is 35.3 Å². The van der Waals surface area contributed by atoms with Crippen LogP contribution >= 0.6 is 27.5 Å². The van der Waals surface area contributed by atoms with E-state index in [1.165, 1.54) is 5.56 Å². The first-order chi connectivity index (χ1) is 8.19. The zero-order valence-corrected chi connectivity index (χ0v) is 12.5. The first-order valence-corrected chi connectivity index (χ1v) is 7.15. The number of halogens is 2. The van der Waals surface area contributed by atoms with Gasteiger partial charge >= 0.3 is 0 Å². The number of allylic oxidation sites excluding steroid dienone is 1. The Hall–Kier alpha value is -0.310. The number of nitrogens with one attached hydrogen (secondary N) is 1. The minimum absolute atomic E-state index is 0.381. The Morgan fingerprint density at radius 1 is 1.53 bits per heavy atom. The molecule has 1 aromatic rings. The van der Waals surface area contributed by atoms with Crippen molar-refractivity contribution >= 4 is 27.5 Å². The van der Waals surface area contributed by atoms with Crippen LogP contribution in [-0.4, -0.2) is 6.54 Å². The summed E-state index contributed by atoms with van der Waals surface area (Å²) in [6, 6.07) is 6.37. The van der Waals surface area contributed by atoms with Crippen LogP contribution in [0.5, 0.6) is 0 Å². The number of rotatable bonds is 7. The molecule has 0 aromatic heterocycles. The van der Waals surface area contributed by atoms with Gasteiger partial charge in [-0.05, 0) is 43.5 Å². The predicted octanol–water partition coefficient (Wildman–Crippen LogP) is 5.11. The molecule has 0 aliphatic heterocycles. The lowest BCUT2D eigenvalue weighted by molar-refractivity contribution is 0.499. The van der Waals surface area contributed by atoms with Gasteiger partial charge in [0.1, 0.15) is 0 Å². The highest BCUT2D eigenvalue weighted by molar-refractivity contribution is 9.10. The third-order valence-electron chi connectivity index (χ3n) is 2.69. The van der Waals surface area contributed by atoms with Gasteiger partial charge in [0.2, 0.25) is 0 Å². The average molecular weight is 317 g/mol. The molecule has 1 atom stereocenters. The van der Waals surface area contributed by atoms with Gasteiger partial charge in [0.25, 0.3) is 0 Å². The molecule has 0 saturated heterocycles. The van der Waals surface area contributed by atoms with Gasteiger partial charge in [-0.1, -0.05) is 46.6 Å². The van der Waals surface area contributed by atoms with E-state index in [1.807, 2.05) is 18.2 Å². The monoisotopic (exact) mass is 315 g/mol. The molecule has 94 valence electrons. The molecule has 0 heterocycles. The molecule has 0 fully saturated rings. The van der Waals surface area contributed by atoms with E-state index in [1.54, 1.807) is 0 Å². The van der Waals surface area contributed by atoms with Crippen molar-refractivity contribution in [3.8, 4) is 0 Å². The van der Waals surface area contributed by atoms with Gasteiger partial charge < -0.3 is 5.32 Å². The lowest BCUT2D eigenvalue weighted by Crippen LogP contribution is -2.21. The Labute approximate surface area is 117 Å². The van der Waals surface area contributed by atoms with Crippen molar-refractivity contribution in [1.29, 1.82) is 0 Å². The molecule has 3 heteroatoms. The summed E-state index contributed by atoms with van der Waals surface area (Å²) in [6.45, 7) is 6.85. The summed E-state index contributed by atoms with van der Waals surface area (Å²) in [7, 11) is 0. The molecule has 1 aromatic carbocycles. The van der Waals surface area contributed by atoms with E-state index in [0.29, 0.717) is 6.04 Å². The van der Waals surface area contributed by atoms with Gasteiger partial charge in [0, 0.05) is 15.5 Å². The third kappa shape index (κ3) is 4.82. The number of benzene rings is 1. The molecule has 0 saturated carbocycles. The van der Waals surface area contributed by atoms with Gasteiger partial charge in [-0.2, -0.15) is 0 Å². The van der Waals surface area contributed by atoms with Crippen molar-refractivity contribution in [3.63, 3.8) is 0 Å². The maximum atomic E-state index is 5.96. The Bertz CT molecular complexity index is 365. The molecule has 1 rings (SSSR count). The van der Waals surface area contributed by atoms with Crippen molar-refractivity contribution in [2.24, 2.45) is 0 Å². The van der Waals surface area contributed by atoms with Crippen LogP contribution < -0.4 is 5.32 Å². The summed E-state index contributed by atoms with van der Waals surface area (Å²) in [5, 5.41) is 4.28. The van der Waals surface area contributed by atoms with Gasteiger partial charge in [-0.3, -0.25) is 0 Å². The summed E-state index contributed by atoms with van der Waals surface area (Å²) in [5.41, 5.74) is 1.28. The highest BCUT2D eigenvalue weighted by Gasteiger charge is 2.13. The summed E-state index contributed by atoms with van der Waals surface area (Å²) < 4.78 is 1.08. The third-order valence-corrected chi connectivity index (χ3v) is 3.61. The quantitative estimate of drug-likeness (QED) is 0.544. The fraction of sp³-hybridized carbons (Fsp3) is 0.429. The number of hydrogen-bond acceptors (Lipinski definition) is 1. The highest BCUT2D eigenvalue weighted by atomic mass is 79.9. The Morgan fingerprint density at radius 3 is 2.88 bits per heavy atom. The zero-order valence-electron chi connectivity index (χ0n) is 10.2. The molecular weight excluding hydrogens is 298 g/mol. The number of unbranched alkanes of at least 4 members (excludes halogenated alkanes) is 1. The normalized spacial score (nSPS) is 12.4. The first kappa shape index (κ1) is 14.7. The summed E-state index contributed by atoms with van der Waals surface area (Å²) in [4.78, 5) is 0. The molecule has 1 unspecified atom stereocenters.